The van der Waals surface area contributed by atoms with E-state index >= 15 is 0 Å². The number of pyridine rings is 1. The van der Waals surface area contributed by atoms with Crippen LogP contribution in [0, 0.1) is 0 Å². The molecule has 1 aromatic heterocycles. The minimum absolute atomic E-state index is 0.258. The smallest absolute Gasteiger partial charge is 0.125 e. The minimum atomic E-state index is -1.04. The summed E-state index contributed by atoms with van der Waals surface area (Å²) in [5, 5.41) is 0. The summed E-state index contributed by atoms with van der Waals surface area (Å²) < 4.78 is 14.0. The van der Waals surface area contributed by atoms with Crippen molar-refractivity contribution in [3.63, 3.8) is 0 Å². The predicted octanol–water partition coefficient (Wildman–Crippen LogP) is 1.49. The Hall–Kier alpha value is -1.10. The summed E-state index contributed by atoms with van der Waals surface area (Å²) in [5.41, 5.74) is 8.25. The SMILES string of the molecule is CC(C)(C)S(=O)N1CCc2ncc(N)cc21. The molecular weight excluding hydrogens is 222 g/mol. The lowest BCUT2D eigenvalue weighted by atomic mass is 10.3. The van der Waals surface area contributed by atoms with E-state index in [1.54, 1.807) is 6.20 Å². The van der Waals surface area contributed by atoms with Gasteiger partial charge in [-0.05, 0) is 26.8 Å². The van der Waals surface area contributed by atoms with Crippen LogP contribution in [0.4, 0.5) is 11.4 Å². The van der Waals surface area contributed by atoms with Crippen molar-refractivity contribution < 1.29 is 4.21 Å². The lowest BCUT2D eigenvalue weighted by Gasteiger charge is -2.27. The highest BCUT2D eigenvalue weighted by molar-refractivity contribution is 7.87. The molecule has 2 rings (SSSR count). The molecule has 0 aromatic carbocycles. The Morgan fingerprint density at radius 2 is 2.19 bits per heavy atom. The molecule has 0 fully saturated rings. The van der Waals surface area contributed by atoms with E-state index < -0.39 is 11.0 Å². The zero-order valence-corrected chi connectivity index (χ0v) is 10.7. The van der Waals surface area contributed by atoms with Crippen molar-refractivity contribution in [1.29, 1.82) is 0 Å². The van der Waals surface area contributed by atoms with Crippen molar-refractivity contribution in [2.24, 2.45) is 0 Å². The minimum Gasteiger partial charge on any atom is -0.397 e. The van der Waals surface area contributed by atoms with Crippen LogP contribution in [0.1, 0.15) is 26.5 Å². The van der Waals surface area contributed by atoms with Gasteiger partial charge in [0.15, 0.2) is 0 Å². The molecule has 4 nitrogen and oxygen atoms in total. The zero-order chi connectivity index (χ0) is 11.9. The summed E-state index contributed by atoms with van der Waals surface area (Å²) >= 11 is 0. The largest absolute Gasteiger partial charge is 0.397 e. The molecule has 0 spiro atoms. The summed E-state index contributed by atoms with van der Waals surface area (Å²) in [5.74, 6) is 0. The number of nitrogen functional groups attached to an aromatic ring is 1. The molecule has 1 aliphatic rings. The normalized spacial score (nSPS) is 17.3. The average Bonchev–Trinajstić information content (AvgIpc) is 2.57. The Balaban J connectivity index is 2.37. The van der Waals surface area contributed by atoms with Gasteiger partial charge >= 0.3 is 0 Å². The number of hydrogen-bond donors (Lipinski definition) is 1. The van der Waals surface area contributed by atoms with E-state index in [2.05, 4.69) is 4.98 Å². The van der Waals surface area contributed by atoms with E-state index in [0.29, 0.717) is 5.69 Å². The summed E-state index contributed by atoms with van der Waals surface area (Å²) in [6.45, 7) is 6.68. The van der Waals surface area contributed by atoms with Gasteiger partial charge in [-0.2, -0.15) is 0 Å². The molecule has 1 aliphatic heterocycles. The first-order valence-electron chi connectivity index (χ1n) is 5.33. The summed E-state index contributed by atoms with van der Waals surface area (Å²) in [7, 11) is -1.04. The predicted molar refractivity (Wildman–Crippen MR) is 67.6 cm³/mol. The van der Waals surface area contributed by atoms with Crippen LogP contribution in [0.15, 0.2) is 12.3 Å². The van der Waals surface area contributed by atoms with Crippen LogP contribution < -0.4 is 10.0 Å². The van der Waals surface area contributed by atoms with Crippen LogP contribution in [0.25, 0.3) is 0 Å². The highest BCUT2D eigenvalue weighted by Gasteiger charge is 2.31. The third-order valence-corrected chi connectivity index (χ3v) is 4.34. The molecule has 0 bridgehead atoms. The molecule has 2 N–H and O–H groups in total. The Bertz CT molecular complexity index is 439. The van der Waals surface area contributed by atoms with E-state index in [9.17, 15) is 4.21 Å². The topological polar surface area (TPSA) is 59.2 Å². The molecule has 5 heteroatoms. The molecule has 1 aromatic rings. The van der Waals surface area contributed by atoms with Crippen molar-refractivity contribution in [3.8, 4) is 0 Å². The van der Waals surface area contributed by atoms with Gasteiger partial charge in [0.05, 0.1) is 28.0 Å². The number of aromatic nitrogens is 1. The lowest BCUT2D eigenvalue weighted by Crippen LogP contribution is -2.36. The fourth-order valence-electron chi connectivity index (χ4n) is 1.74. The van der Waals surface area contributed by atoms with Crippen molar-refractivity contribution >= 4 is 22.4 Å². The standard InChI is InChI=1S/C11H17N3OS/c1-11(2,3)16(15)14-5-4-9-10(14)6-8(12)7-13-9/h6-7H,4-5,12H2,1-3H3. The number of rotatable bonds is 1. The Morgan fingerprint density at radius 3 is 2.81 bits per heavy atom. The lowest BCUT2D eigenvalue weighted by molar-refractivity contribution is 0.645. The number of nitrogens with two attached hydrogens (primary N) is 1. The molecule has 0 saturated carbocycles. The highest BCUT2D eigenvalue weighted by atomic mass is 32.2. The fourth-order valence-corrected chi connectivity index (χ4v) is 2.99. The molecule has 0 aliphatic carbocycles. The van der Waals surface area contributed by atoms with Gasteiger partial charge in [-0.1, -0.05) is 0 Å². The first kappa shape index (κ1) is 11.4. The number of nitrogens with zero attached hydrogens (tertiary/aromatic N) is 2. The first-order chi connectivity index (χ1) is 7.39. The molecule has 0 saturated heterocycles. The van der Waals surface area contributed by atoms with Crippen molar-refractivity contribution in [2.75, 3.05) is 16.6 Å². The maximum atomic E-state index is 12.3. The van der Waals surface area contributed by atoms with E-state index in [1.165, 1.54) is 0 Å². The quantitative estimate of drug-likeness (QED) is 0.807. The van der Waals surface area contributed by atoms with Gasteiger partial charge < -0.3 is 5.73 Å². The first-order valence-corrected chi connectivity index (χ1v) is 6.44. The third-order valence-electron chi connectivity index (χ3n) is 2.51. The highest BCUT2D eigenvalue weighted by Crippen LogP contribution is 2.32. The molecule has 1 atom stereocenters. The summed E-state index contributed by atoms with van der Waals surface area (Å²) in [6, 6.07) is 1.86. The van der Waals surface area contributed by atoms with Gasteiger partial charge in [-0.25, -0.2) is 4.21 Å². The summed E-state index contributed by atoms with van der Waals surface area (Å²) in [4.78, 5) is 4.27. The number of anilines is 2. The van der Waals surface area contributed by atoms with Gasteiger partial charge in [0.25, 0.3) is 0 Å². The van der Waals surface area contributed by atoms with Crippen LogP contribution in [0.5, 0.6) is 0 Å². The maximum Gasteiger partial charge on any atom is 0.125 e. The second kappa shape index (κ2) is 3.73. The maximum absolute atomic E-state index is 12.3. The van der Waals surface area contributed by atoms with Crippen LogP contribution in [0.2, 0.25) is 0 Å². The number of fused-ring (bicyclic) bond motifs is 1. The fraction of sp³-hybridized carbons (Fsp3) is 0.545. The molecule has 1 unspecified atom stereocenters. The van der Waals surface area contributed by atoms with Crippen molar-refractivity contribution in [2.45, 2.75) is 31.9 Å². The average molecular weight is 239 g/mol. The molecule has 16 heavy (non-hydrogen) atoms. The molecule has 0 radical (unpaired) electrons. The zero-order valence-electron chi connectivity index (χ0n) is 9.86. The van der Waals surface area contributed by atoms with E-state index in [4.69, 9.17) is 5.73 Å². The summed E-state index contributed by atoms with van der Waals surface area (Å²) in [6.07, 6.45) is 2.50. The van der Waals surface area contributed by atoms with Crippen molar-refractivity contribution in [3.05, 3.63) is 18.0 Å². The van der Waals surface area contributed by atoms with Gasteiger partial charge in [0.1, 0.15) is 11.0 Å². The Labute approximate surface area is 98.4 Å². The second-order valence-corrected chi connectivity index (χ2v) is 7.11. The van der Waals surface area contributed by atoms with Gasteiger partial charge in [0.2, 0.25) is 0 Å². The van der Waals surface area contributed by atoms with E-state index in [-0.39, 0.29) is 4.75 Å². The van der Waals surface area contributed by atoms with E-state index in [0.717, 1.165) is 24.3 Å². The van der Waals surface area contributed by atoms with E-state index in [1.807, 2.05) is 31.1 Å². The van der Waals surface area contributed by atoms with Gasteiger partial charge in [0, 0.05) is 13.0 Å². The van der Waals surface area contributed by atoms with Crippen LogP contribution in [-0.2, 0) is 17.4 Å². The van der Waals surface area contributed by atoms with Crippen LogP contribution >= 0.6 is 0 Å². The third kappa shape index (κ3) is 1.91. The Morgan fingerprint density at radius 1 is 1.50 bits per heavy atom. The molecule has 0 amide bonds. The van der Waals surface area contributed by atoms with Crippen LogP contribution in [0.3, 0.4) is 0 Å². The Kier molecular flexibility index (Phi) is 2.66. The second-order valence-electron chi connectivity index (χ2n) is 4.95. The molecular formula is C11H17N3OS. The number of hydrogen-bond acceptors (Lipinski definition) is 3. The van der Waals surface area contributed by atoms with Gasteiger partial charge in [-0.3, -0.25) is 9.29 Å². The van der Waals surface area contributed by atoms with Gasteiger partial charge in [-0.15, -0.1) is 0 Å². The monoisotopic (exact) mass is 239 g/mol. The van der Waals surface area contributed by atoms with Crippen LogP contribution in [-0.4, -0.2) is 20.5 Å². The van der Waals surface area contributed by atoms with Crippen molar-refractivity contribution in [1.82, 2.24) is 4.98 Å². The molecule has 2 heterocycles. The molecule has 88 valence electrons.